The Morgan fingerprint density at radius 1 is 0.138 bits per heavy atom. The molecule has 0 atom stereocenters. The van der Waals surface area contributed by atoms with Crippen molar-refractivity contribution in [2.24, 2.45) is 0 Å². The fraction of sp³-hybridized carbons (Fsp3) is 0. The minimum absolute atomic E-state index is 1.18. The van der Waals surface area contributed by atoms with Crippen molar-refractivity contribution in [3.05, 3.63) is 406 Å². The molecule has 0 spiro atoms. The summed E-state index contributed by atoms with van der Waals surface area (Å²) < 4.78 is 0. The molecule has 0 aromatic heterocycles. The van der Waals surface area contributed by atoms with Crippen LogP contribution in [0.4, 0.5) is 0 Å². The highest BCUT2D eigenvalue weighted by molar-refractivity contribution is 5.95. The molecular weight excluding hydrogens is 961 g/mol. The van der Waals surface area contributed by atoms with Gasteiger partial charge in [0.25, 0.3) is 0 Å². The van der Waals surface area contributed by atoms with E-state index in [0.717, 1.165) is 0 Å². The lowest BCUT2D eigenvalue weighted by atomic mass is 9.94. The van der Waals surface area contributed by atoms with Crippen LogP contribution >= 0.6 is 0 Å². The summed E-state index contributed by atoms with van der Waals surface area (Å²) in [5.41, 5.74) is 24.2. The quantitative estimate of drug-likeness (QED) is 0.0953. The average molecular weight is 1020 g/mol. The summed E-state index contributed by atoms with van der Waals surface area (Å²) in [4.78, 5) is 0. The largest absolute Gasteiger partial charge is 0.0622 e. The summed E-state index contributed by atoms with van der Waals surface area (Å²) in [6, 6.07) is 120. The molecule has 0 amide bonds. The molecule has 0 saturated heterocycles. The molecule has 12 aromatic carbocycles. The van der Waals surface area contributed by atoms with Gasteiger partial charge in [0.1, 0.15) is 0 Å². The number of hydrogen-bond acceptors (Lipinski definition) is 0. The smallest absolute Gasteiger partial charge is 0.0105 e. The normalized spacial score (nSPS) is 10.5. The van der Waals surface area contributed by atoms with E-state index in [1.165, 1.54) is 111 Å². The second kappa shape index (κ2) is 26.1. The van der Waals surface area contributed by atoms with Gasteiger partial charge in [-0.1, -0.05) is 340 Å². The predicted molar refractivity (Wildman–Crippen MR) is 343 cm³/mol. The maximum atomic E-state index is 2.27. The Kier molecular flexibility index (Phi) is 16.9. The summed E-state index contributed by atoms with van der Waals surface area (Å²) in [6.07, 6.45) is 9.10. The second-order valence-electron chi connectivity index (χ2n) is 19.6. The topological polar surface area (TPSA) is 0 Å². The van der Waals surface area contributed by atoms with E-state index in [1.54, 1.807) is 0 Å². The van der Waals surface area contributed by atoms with E-state index < -0.39 is 0 Å². The van der Waals surface area contributed by atoms with Gasteiger partial charge in [-0.3, -0.25) is 0 Å². The third kappa shape index (κ3) is 13.4. The van der Waals surface area contributed by atoms with Crippen molar-refractivity contribution in [2.75, 3.05) is 0 Å². The molecule has 0 aliphatic rings. The first kappa shape index (κ1) is 51.7. The average Bonchev–Trinajstić information content (AvgIpc) is 3.55. The molecule has 0 radical (unpaired) electrons. The van der Waals surface area contributed by atoms with Gasteiger partial charge in [0, 0.05) is 0 Å². The van der Waals surface area contributed by atoms with E-state index in [1.807, 2.05) is 0 Å². The predicted octanol–water partition coefficient (Wildman–Crippen LogP) is 21.1. The first-order chi connectivity index (χ1) is 39.7. The van der Waals surface area contributed by atoms with Crippen molar-refractivity contribution in [2.45, 2.75) is 0 Å². The molecule has 0 heterocycles. The summed E-state index contributed by atoms with van der Waals surface area (Å²) >= 11 is 0. The molecule has 12 aromatic rings. The first-order valence-electron chi connectivity index (χ1n) is 27.4. The Morgan fingerprint density at radius 2 is 0.263 bits per heavy atom. The maximum absolute atomic E-state index is 2.27. The van der Waals surface area contributed by atoms with Crippen molar-refractivity contribution in [1.29, 1.82) is 0 Å². The van der Waals surface area contributed by atoms with Gasteiger partial charge in [-0.05, 0) is 136 Å². The zero-order chi connectivity index (χ0) is 54.0. The molecule has 0 nitrogen and oxygen atoms in total. The van der Waals surface area contributed by atoms with Gasteiger partial charge in [-0.25, -0.2) is 0 Å². The molecular formula is C80H60. The highest BCUT2D eigenvalue weighted by atomic mass is 14.1. The van der Waals surface area contributed by atoms with Crippen LogP contribution in [-0.4, -0.2) is 0 Å². The lowest BCUT2D eigenvalue weighted by molar-refractivity contribution is 1.54. The lowest BCUT2D eigenvalue weighted by Crippen LogP contribution is -1.88. The molecule has 0 N–H and O–H groups in total. The van der Waals surface area contributed by atoms with Gasteiger partial charge in [0.2, 0.25) is 0 Å². The molecule has 0 aliphatic heterocycles. The summed E-state index contributed by atoms with van der Waals surface area (Å²) in [7, 11) is 0. The van der Waals surface area contributed by atoms with Crippen LogP contribution in [0.3, 0.4) is 0 Å². The van der Waals surface area contributed by atoms with Crippen LogP contribution in [0.1, 0.15) is 66.8 Å². The Morgan fingerprint density at radius 3 is 0.388 bits per heavy atom. The van der Waals surface area contributed by atoms with Crippen LogP contribution in [0.15, 0.2) is 340 Å². The van der Waals surface area contributed by atoms with Crippen LogP contribution in [0.5, 0.6) is 0 Å². The van der Waals surface area contributed by atoms with Crippen LogP contribution in [0.25, 0.3) is 68.9 Å². The van der Waals surface area contributed by atoms with Crippen molar-refractivity contribution in [1.82, 2.24) is 0 Å². The van der Waals surface area contributed by atoms with Crippen LogP contribution in [-0.2, 0) is 0 Å². The molecule has 80 heavy (non-hydrogen) atoms. The minimum Gasteiger partial charge on any atom is -0.0622 e. The number of benzene rings is 12. The first-order valence-corrected chi connectivity index (χ1v) is 27.4. The van der Waals surface area contributed by atoms with Gasteiger partial charge in [-0.15, -0.1) is 0 Å². The highest BCUT2D eigenvalue weighted by Gasteiger charge is 2.10. The molecule has 0 unspecified atom stereocenters. The van der Waals surface area contributed by atoms with E-state index in [0.29, 0.717) is 0 Å². The summed E-state index contributed by atoms with van der Waals surface area (Å²) in [5.74, 6) is 0. The zero-order valence-electron chi connectivity index (χ0n) is 44.6. The highest BCUT2D eigenvalue weighted by Crippen LogP contribution is 2.32. The summed E-state index contributed by atoms with van der Waals surface area (Å²) in [6.45, 7) is 0. The van der Waals surface area contributed by atoms with Gasteiger partial charge >= 0.3 is 0 Å². The van der Waals surface area contributed by atoms with Gasteiger partial charge in [0.15, 0.2) is 0 Å². The molecule has 0 aliphatic carbocycles. The monoisotopic (exact) mass is 1020 g/mol. The zero-order valence-corrected chi connectivity index (χ0v) is 44.6. The Balaban J connectivity index is 0.000000169. The van der Waals surface area contributed by atoms with Gasteiger partial charge < -0.3 is 0 Å². The second-order valence-corrected chi connectivity index (χ2v) is 19.6. The van der Waals surface area contributed by atoms with Crippen LogP contribution in [0, 0.1) is 0 Å². The third-order valence-electron chi connectivity index (χ3n) is 14.2. The Labute approximate surface area is 472 Å². The molecule has 0 bridgehead atoms. The third-order valence-corrected chi connectivity index (χ3v) is 14.2. The van der Waals surface area contributed by atoms with Crippen molar-refractivity contribution >= 4 is 46.6 Å². The van der Waals surface area contributed by atoms with Gasteiger partial charge in [-0.2, -0.15) is 0 Å². The lowest BCUT2D eigenvalue weighted by Gasteiger charge is -2.10. The van der Waals surface area contributed by atoms with Crippen molar-refractivity contribution in [3.63, 3.8) is 0 Å². The van der Waals surface area contributed by atoms with E-state index in [-0.39, 0.29) is 0 Å². The number of rotatable bonds is 14. The fourth-order valence-corrected chi connectivity index (χ4v) is 10.0. The minimum atomic E-state index is 1.18. The van der Waals surface area contributed by atoms with Crippen LogP contribution < -0.4 is 0 Å². The van der Waals surface area contributed by atoms with Crippen molar-refractivity contribution < 1.29 is 0 Å². The van der Waals surface area contributed by atoms with E-state index in [2.05, 4.69) is 364 Å². The molecule has 0 saturated carbocycles. The van der Waals surface area contributed by atoms with Gasteiger partial charge in [0.05, 0.1) is 0 Å². The fourth-order valence-electron chi connectivity index (χ4n) is 10.0. The molecule has 380 valence electrons. The Hall–Kier alpha value is -10.4. The van der Waals surface area contributed by atoms with Crippen molar-refractivity contribution in [3.8, 4) is 22.3 Å². The van der Waals surface area contributed by atoms with E-state index in [4.69, 9.17) is 0 Å². The summed E-state index contributed by atoms with van der Waals surface area (Å²) in [5, 5.41) is 0. The molecule has 12 rings (SSSR count). The van der Waals surface area contributed by atoms with E-state index >= 15 is 0 Å². The Bertz CT molecular complexity index is 3250. The van der Waals surface area contributed by atoms with Crippen LogP contribution in [0.2, 0.25) is 0 Å². The van der Waals surface area contributed by atoms with E-state index in [9.17, 15) is 0 Å². The number of hydrogen-bond donors (Lipinski definition) is 0. The standard InChI is InChI=1S/2C40H30/c2*1-5-13-35(14-6-1)39(36-15-7-2-8-16-36)29-31-21-25-33(26-22-31)34-27-23-32(24-28-34)30-40(37-17-9-3-10-18-37)38-19-11-4-12-20-38/h2*1-30H. The molecule has 0 heteroatoms. The SMILES string of the molecule is C(=C(c1ccccc1)c1ccccc1)c1ccc(-c2ccc(C=C(c3ccccc3)c3ccccc3)cc2)cc1.C(=C(c1ccccc1)c1ccccc1)c1ccc(-c2ccc(C=C(c3ccccc3)c3ccccc3)cc2)cc1. The maximum Gasteiger partial charge on any atom is -0.0105 e. The molecule has 0 fully saturated rings.